The lowest BCUT2D eigenvalue weighted by atomic mass is 10.2. The van der Waals surface area contributed by atoms with E-state index in [0.29, 0.717) is 6.42 Å². The van der Waals surface area contributed by atoms with Crippen LogP contribution in [0.25, 0.3) is 0 Å². The first-order valence-corrected chi connectivity index (χ1v) is 6.76. The number of hydrogen-bond donors (Lipinski definition) is 0. The Kier molecular flexibility index (Phi) is 3.42. The van der Waals surface area contributed by atoms with Crippen LogP contribution in [-0.2, 0) is 0 Å². The molecule has 0 aromatic heterocycles. The summed E-state index contributed by atoms with van der Waals surface area (Å²) in [6, 6.07) is 6.68. The molecule has 3 heteroatoms. The molecular weight excluding hydrogens is 198 g/mol. The first-order valence-electron chi connectivity index (χ1n) is 4.93. The molecule has 0 N–H and O–H groups in total. The molecule has 1 aromatic carbocycles. The molecule has 1 atom stereocenters. The molecule has 0 bridgehead atoms. The third kappa shape index (κ3) is 2.21. The molecule has 78 valence electrons. The van der Waals surface area contributed by atoms with Crippen LogP contribution < -0.4 is 5.19 Å². The molecule has 0 aliphatic carbocycles. The van der Waals surface area contributed by atoms with E-state index in [1.165, 1.54) is 0 Å². The van der Waals surface area contributed by atoms with Gasteiger partial charge in [0.1, 0.15) is 0 Å². The van der Waals surface area contributed by atoms with E-state index in [1.807, 2.05) is 13.8 Å². The van der Waals surface area contributed by atoms with E-state index in [4.69, 9.17) is 0 Å². The van der Waals surface area contributed by atoms with Gasteiger partial charge in [0.25, 0.3) is 0 Å². The summed E-state index contributed by atoms with van der Waals surface area (Å²) < 4.78 is 27.6. The van der Waals surface area contributed by atoms with Crippen molar-refractivity contribution in [3.63, 3.8) is 0 Å². The van der Waals surface area contributed by atoms with Crippen LogP contribution in [0, 0.1) is 6.92 Å². The maximum atomic E-state index is 13.8. The second kappa shape index (κ2) is 4.21. The maximum absolute atomic E-state index is 13.8. The topological polar surface area (TPSA) is 0 Å². The van der Waals surface area contributed by atoms with Gasteiger partial charge in [-0.2, -0.15) is 0 Å². The SMILES string of the molecule is CCC(C)[Si](F)(F)c1ccc(C)cc1. The summed E-state index contributed by atoms with van der Waals surface area (Å²) in [6.07, 6.45) is 0.549. The van der Waals surface area contributed by atoms with Gasteiger partial charge in [0.2, 0.25) is 0 Å². The molecule has 1 unspecified atom stereocenters. The highest BCUT2D eigenvalue weighted by Crippen LogP contribution is 2.26. The minimum Gasteiger partial charge on any atom is -0.264 e. The van der Waals surface area contributed by atoms with Crippen molar-refractivity contribution in [1.29, 1.82) is 0 Å². The van der Waals surface area contributed by atoms with Crippen molar-refractivity contribution in [3.8, 4) is 0 Å². The van der Waals surface area contributed by atoms with Crippen LogP contribution in [0.4, 0.5) is 8.22 Å². The summed E-state index contributed by atoms with van der Waals surface area (Å²) in [4.78, 5) is 0. The van der Waals surface area contributed by atoms with Crippen molar-refractivity contribution < 1.29 is 8.22 Å². The van der Waals surface area contributed by atoms with Crippen LogP contribution in [0.5, 0.6) is 0 Å². The molecule has 0 saturated carbocycles. The lowest BCUT2D eigenvalue weighted by molar-refractivity contribution is 0.573. The van der Waals surface area contributed by atoms with Gasteiger partial charge in [-0.3, -0.25) is 8.22 Å². The Labute approximate surface area is 85.3 Å². The number of aryl methyl sites for hydroxylation is 1. The van der Waals surface area contributed by atoms with Crippen molar-refractivity contribution in [2.75, 3.05) is 0 Å². The Balaban J connectivity index is 2.97. The van der Waals surface area contributed by atoms with Crippen LogP contribution in [0.2, 0.25) is 5.54 Å². The molecule has 0 saturated heterocycles. The predicted octanol–water partition coefficient (Wildman–Crippen LogP) is 3.38. The van der Waals surface area contributed by atoms with Gasteiger partial charge in [-0.15, -0.1) is 0 Å². The Morgan fingerprint density at radius 3 is 2.14 bits per heavy atom. The predicted molar refractivity (Wildman–Crippen MR) is 58.5 cm³/mol. The van der Waals surface area contributed by atoms with Gasteiger partial charge in [0.15, 0.2) is 0 Å². The zero-order valence-corrected chi connectivity index (χ0v) is 9.85. The normalized spacial score (nSPS) is 14.1. The van der Waals surface area contributed by atoms with E-state index in [2.05, 4.69) is 0 Å². The highest BCUT2D eigenvalue weighted by Gasteiger charge is 2.42. The smallest absolute Gasteiger partial charge is 0.264 e. The van der Waals surface area contributed by atoms with Gasteiger partial charge in [-0.25, -0.2) is 0 Å². The van der Waals surface area contributed by atoms with Gasteiger partial charge in [0, 0.05) is 10.7 Å². The third-order valence-corrected chi connectivity index (χ3v) is 5.42. The molecule has 0 heterocycles. The maximum Gasteiger partial charge on any atom is 0.458 e. The van der Waals surface area contributed by atoms with Gasteiger partial charge in [-0.1, -0.05) is 50.1 Å². The van der Waals surface area contributed by atoms with Gasteiger partial charge >= 0.3 is 8.74 Å². The quantitative estimate of drug-likeness (QED) is 0.534. The summed E-state index contributed by atoms with van der Waals surface area (Å²) >= 11 is 0. The molecule has 0 aliphatic rings. The molecule has 0 nitrogen and oxygen atoms in total. The fourth-order valence-electron chi connectivity index (χ4n) is 1.32. The molecular formula is C11H16F2Si. The van der Waals surface area contributed by atoms with E-state index in [0.717, 1.165) is 5.56 Å². The summed E-state index contributed by atoms with van der Waals surface area (Å²) in [7, 11) is -4.21. The van der Waals surface area contributed by atoms with E-state index in [9.17, 15) is 8.22 Å². The second-order valence-electron chi connectivity index (χ2n) is 3.80. The number of rotatable bonds is 3. The lowest BCUT2D eigenvalue weighted by Gasteiger charge is -2.19. The highest BCUT2D eigenvalue weighted by molar-refractivity contribution is 6.81. The zero-order valence-electron chi connectivity index (χ0n) is 8.85. The second-order valence-corrected chi connectivity index (χ2v) is 6.61. The summed E-state index contributed by atoms with van der Waals surface area (Å²) in [5, 5.41) is 0.262. The monoisotopic (exact) mass is 214 g/mol. The van der Waals surface area contributed by atoms with Crippen LogP contribution in [0.3, 0.4) is 0 Å². The summed E-state index contributed by atoms with van der Waals surface area (Å²) in [5.41, 5.74) is 0.563. The third-order valence-electron chi connectivity index (χ3n) is 2.67. The molecule has 14 heavy (non-hydrogen) atoms. The fraction of sp³-hybridized carbons (Fsp3) is 0.455. The molecule has 0 aliphatic heterocycles. The zero-order chi connectivity index (χ0) is 10.8. The van der Waals surface area contributed by atoms with E-state index >= 15 is 0 Å². The fourth-order valence-corrected chi connectivity index (χ4v) is 3.01. The van der Waals surface area contributed by atoms with Crippen LogP contribution in [0.15, 0.2) is 24.3 Å². The Morgan fingerprint density at radius 1 is 1.21 bits per heavy atom. The van der Waals surface area contributed by atoms with Gasteiger partial charge in [0.05, 0.1) is 0 Å². The Hall–Kier alpha value is -0.703. The van der Waals surface area contributed by atoms with Crippen molar-refractivity contribution >= 4 is 13.9 Å². The van der Waals surface area contributed by atoms with E-state index in [1.54, 1.807) is 31.2 Å². The van der Waals surface area contributed by atoms with Crippen molar-refractivity contribution in [1.82, 2.24) is 0 Å². The van der Waals surface area contributed by atoms with Crippen LogP contribution >= 0.6 is 0 Å². The van der Waals surface area contributed by atoms with Crippen molar-refractivity contribution in [3.05, 3.63) is 29.8 Å². The molecule has 0 spiro atoms. The Bertz CT molecular complexity index is 293. The standard InChI is InChI=1S/C11H16F2Si/c1-4-10(3)14(12,13)11-7-5-9(2)6-8-11/h5-8,10H,4H2,1-3H3. The number of hydrogen-bond acceptors (Lipinski definition) is 0. The summed E-state index contributed by atoms with van der Waals surface area (Å²) in [5.74, 6) is 0. The first kappa shape index (κ1) is 11.4. The minimum absolute atomic E-state index is 0.262. The Morgan fingerprint density at radius 2 is 1.71 bits per heavy atom. The van der Waals surface area contributed by atoms with Crippen molar-refractivity contribution in [2.45, 2.75) is 32.7 Å². The van der Waals surface area contributed by atoms with E-state index in [-0.39, 0.29) is 5.19 Å². The molecule has 0 fully saturated rings. The molecule has 1 rings (SSSR count). The van der Waals surface area contributed by atoms with Crippen LogP contribution in [0.1, 0.15) is 25.8 Å². The highest BCUT2D eigenvalue weighted by atomic mass is 28.4. The minimum atomic E-state index is -4.21. The van der Waals surface area contributed by atoms with Gasteiger partial charge in [-0.05, 0) is 6.92 Å². The van der Waals surface area contributed by atoms with Crippen LogP contribution in [-0.4, -0.2) is 8.74 Å². The molecule has 0 radical (unpaired) electrons. The van der Waals surface area contributed by atoms with Gasteiger partial charge < -0.3 is 0 Å². The summed E-state index contributed by atoms with van der Waals surface area (Å²) in [6.45, 7) is 5.37. The van der Waals surface area contributed by atoms with E-state index < -0.39 is 14.3 Å². The largest absolute Gasteiger partial charge is 0.458 e. The lowest BCUT2D eigenvalue weighted by Crippen LogP contribution is -2.42. The number of benzene rings is 1. The average molecular weight is 214 g/mol. The average Bonchev–Trinajstić information content (AvgIpc) is 2.17. The molecule has 1 aromatic rings. The molecule has 0 amide bonds. The first-order chi connectivity index (χ1) is 6.48. The van der Waals surface area contributed by atoms with Crippen molar-refractivity contribution in [2.24, 2.45) is 0 Å². The number of halogens is 2.